The highest BCUT2D eigenvalue weighted by atomic mass is 16.1. The minimum Gasteiger partial charge on any atom is -0.352 e. The van der Waals surface area contributed by atoms with Gasteiger partial charge in [-0.3, -0.25) is 9.89 Å². The molecule has 1 aliphatic heterocycles. The first kappa shape index (κ1) is 8.29. The van der Waals surface area contributed by atoms with Gasteiger partial charge < -0.3 is 5.32 Å². The number of aromatic amines is 1. The minimum absolute atomic E-state index is 0.00495. The Labute approximate surface area is 76.7 Å². The molecule has 0 saturated carbocycles. The molecule has 1 aromatic heterocycles. The van der Waals surface area contributed by atoms with Gasteiger partial charge in [-0.15, -0.1) is 0 Å². The van der Waals surface area contributed by atoms with Gasteiger partial charge >= 0.3 is 0 Å². The number of hydrogen-bond donors (Lipinski definition) is 2. The average Bonchev–Trinajstić information content (AvgIpc) is 2.48. The molecule has 4 heteroatoms. The molecule has 0 fully saturated rings. The molecule has 1 aliphatic rings. The Balaban J connectivity index is 2.53. The van der Waals surface area contributed by atoms with Gasteiger partial charge in [-0.05, 0) is 6.42 Å². The molecule has 2 N–H and O–H groups in total. The summed E-state index contributed by atoms with van der Waals surface area (Å²) in [7, 11) is 0. The molecule has 1 amide bonds. The maximum Gasteiger partial charge on any atom is 0.254 e. The van der Waals surface area contributed by atoms with Crippen LogP contribution >= 0.6 is 0 Å². The third-order valence-corrected chi connectivity index (χ3v) is 2.60. The van der Waals surface area contributed by atoms with E-state index in [1.165, 1.54) is 0 Å². The fraction of sp³-hybridized carbons (Fsp3) is 0.556. The topological polar surface area (TPSA) is 57.8 Å². The van der Waals surface area contributed by atoms with Crippen molar-refractivity contribution in [2.75, 3.05) is 6.54 Å². The number of rotatable bonds is 0. The molecule has 0 aliphatic carbocycles. The molecule has 1 aromatic rings. The number of fused-ring (bicyclic) bond motifs is 1. The van der Waals surface area contributed by atoms with E-state index < -0.39 is 0 Å². The number of carbonyl (C=O) groups excluding carboxylic acids is 1. The Kier molecular flexibility index (Phi) is 1.65. The highest BCUT2D eigenvalue weighted by Crippen LogP contribution is 2.29. The summed E-state index contributed by atoms with van der Waals surface area (Å²) in [5.41, 5.74) is 1.63. The third kappa shape index (κ3) is 1.22. The summed E-state index contributed by atoms with van der Waals surface area (Å²) in [6.45, 7) is 4.96. The van der Waals surface area contributed by atoms with Crippen LogP contribution in [0.4, 0.5) is 0 Å². The molecule has 0 atom stereocenters. The van der Waals surface area contributed by atoms with Crippen LogP contribution in [0.15, 0.2) is 6.20 Å². The molecule has 0 aromatic carbocycles. The van der Waals surface area contributed by atoms with Gasteiger partial charge in [0.25, 0.3) is 5.91 Å². The Morgan fingerprint density at radius 3 is 3.08 bits per heavy atom. The van der Waals surface area contributed by atoms with E-state index in [4.69, 9.17) is 0 Å². The minimum atomic E-state index is -0.0191. The quantitative estimate of drug-likeness (QED) is 0.619. The van der Waals surface area contributed by atoms with E-state index in [9.17, 15) is 4.79 Å². The predicted octanol–water partition coefficient (Wildman–Crippen LogP) is 0.821. The van der Waals surface area contributed by atoms with Crippen molar-refractivity contribution < 1.29 is 4.79 Å². The zero-order valence-corrected chi connectivity index (χ0v) is 7.85. The second-order valence-electron chi connectivity index (χ2n) is 4.05. The first-order chi connectivity index (χ1) is 6.11. The Bertz CT molecular complexity index is 340. The van der Waals surface area contributed by atoms with E-state index in [2.05, 4.69) is 29.4 Å². The Morgan fingerprint density at radius 1 is 1.54 bits per heavy atom. The molecule has 0 radical (unpaired) electrons. The summed E-state index contributed by atoms with van der Waals surface area (Å²) < 4.78 is 0. The Morgan fingerprint density at radius 2 is 2.31 bits per heavy atom. The standard InChI is InChI=1S/C9H13N3O/c1-9(2)3-4-10-8(13)6-5-11-12-7(6)9/h5H,3-4H2,1-2H3,(H,10,13)(H,11,12). The maximum absolute atomic E-state index is 11.5. The molecule has 2 heterocycles. The molecule has 0 spiro atoms. The molecule has 2 rings (SSSR count). The van der Waals surface area contributed by atoms with Crippen LogP contribution in [0.25, 0.3) is 0 Å². The second-order valence-corrected chi connectivity index (χ2v) is 4.05. The summed E-state index contributed by atoms with van der Waals surface area (Å²) >= 11 is 0. The smallest absolute Gasteiger partial charge is 0.254 e. The molecule has 0 saturated heterocycles. The molecule has 70 valence electrons. The van der Waals surface area contributed by atoms with Gasteiger partial charge in [0.05, 0.1) is 17.5 Å². The summed E-state index contributed by atoms with van der Waals surface area (Å²) in [6, 6.07) is 0. The molecule has 0 unspecified atom stereocenters. The maximum atomic E-state index is 11.5. The van der Waals surface area contributed by atoms with Gasteiger partial charge in [0.1, 0.15) is 0 Å². The molecule has 4 nitrogen and oxygen atoms in total. The van der Waals surface area contributed by atoms with Crippen molar-refractivity contribution >= 4 is 5.91 Å². The number of nitrogens with zero attached hydrogens (tertiary/aromatic N) is 1. The zero-order chi connectivity index (χ0) is 9.47. The largest absolute Gasteiger partial charge is 0.352 e. The number of hydrogen-bond acceptors (Lipinski definition) is 2. The van der Waals surface area contributed by atoms with Crippen LogP contribution < -0.4 is 5.32 Å². The van der Waals surface area contributed by atoms with Crippen LogP contribution in [-0.2, 0) is 5.41 Å². The monoisotopic (exact) mass is 179 g/mol. The zero-order valence-electron chi connectivity index (χ0n) is 7.85. The summed E-state index contributed by atoms with van der Waals surface area (Å²) in [4.78, 5) is 11.5. The van der Waals surface area contributed by atoms with Crippen molar-refractivity contribution in [1.82, 2.24) is 15.5 Å². The summed E-state index contributed by atoms with van der Waals surface area (Å²) in [5.74, 6) is -0.0191. The van der Waals surface area contributed by atoms with Crippen molar-refractivity contribution in [3.8, 4) is 0 Å². The Hall–Kier alpha value is -1.32. The number of nitrogens with one attached hydrogen (secondary N) is 2. The van der Waals surface area contributed by atoms with Crippen molar-refractivity contribution in [1.29, 1.82) is 0 Å². The normalized spacial score (nSPS) is 20.3. The van der Waals surface area contributed by atoms with Crippen LogP contribution in [0.2, 0.25) is 0 Å². The number of aromatic nitrogens is 2. The van der Waals surface area contributed by atoms with Crippen LogP contribution in [0.3, 0.4) is 0 Å². The predicted molar refractivity (Wildman–Crippen MR) is 48.6 cm³/mol. The third-order valence-electron chi connectivity index (χ3n) is 2.60. The van der Waals surface area contributed by atoms with Crippen molar-refractivity contribution in [3.05, 3.63) is 17.5 Å². The average molecular weight is 179 g/mol. The fourth-order valence-corrected chi connectivity index (χ4v) is 1.68. The lowest BCUT2D eigenvalue weighted by atomic mass is 9.85. The van der Waals surface area contributed by atoms with Crippen LogP contribution in [0.5, 0.6) is 0 Å². The number of amides is 1. The van der Waals surface area contributed by atoms with Crippen molar-refractivity contribution in [2.24, 2.45) is 0 Å². The fourth-order valence-electron chi connectivity index (χ4n) is 1.68. The summed E-state index contributed by atoms with van der Waals surface area (Å²) in [5, 5.41) is 9.66. The molecular formula is C9H13N3O. The van der Waals surface area contributed by atoms with Crippen molar-refractivity contribution in [3.63, 3.8) is 0 Å². The highest BCUT2D eigenvalue weighted by molar-refractivity contribution is 5.95. The van der Waals surface area contributed by atoms with Crippen molar-refractivity contribution in [2.45, 2.75) is 25.7 Å². The van der Waals surface area contributed by atoms with Crippen LogP contribution in [0, 0.1) is 0 Å². The highest BCUT2D eigenvalue weighted by Gasteiger charge is 2.30. The van der Waals surface area contributed by atoms with E-state index in [0.717, 1.165) is 18.7 Å². The lowest BCUT2D eigenvalue weighted by molar-refractivity contribution is 0.0956. The first-order valence-corrected chi connectivity index (χ1v) is 4.43. The molecule has 0 bridgehead atoms. The first-order valence-electron chi connectivity index (χ1n) is 4.43. The van der Waals surface area contributed by atoms with E-state index in [0.29, 0.717) is 5.56 Å². The molecule has 13 heavy (non-hydrogen) atoms. The van der Waals surface area contributed by atoms with Gasteiger partial charge in [-0.1, -0.05) is 13.8 Å². The second kappa shape index (κ2) is 2.58. The van der Waals surface area contributed by atoms with Gasteiger partial charge in [-0.2, -0.15) is 5.10 Å². The van der Waals surface area contributed by atoms with Gasteiger partial charge in [0.2, 0.25) is 0 Å². The van der Waals surface area contributed by atoms with E-state index in [-0.39, 0.29) is 11.3 Å². The van der Waals surface area contributed by atoms with Gasteiger partial charge in [0, 0.05) is 12.0 Å². The lowest BCUT2D eigenvalue weighted by Gasteiger charge is -2.20. The van der Waals surface area contributed by atoms with Crippen LogP contribution in [-0.4, -0.2) is 22.6 Å². The summed E-state index contributed by atoms with van der Waals surface area (Å²) in [6.07, 6.45) is 2.53. The van der Waals surface area contributed by atoms with Crippen LogP contribution in [0.1, 0.15) is 36.3 Å². The number of H-pyrrole nitrogens is 1. The van der Waals surface area contributed by atoms with Gasteiger partial charge in [0.15, 0.2) is 0 Å². The lowest BCUT2D eigenvalue weighted by Crippen LogP contribution is -2.23. The van der Waals surface area contributed by atoms with E-state index in [1.807, 2.05) is 0 Å². The van der Waals surface area contributed by atoms with Gasteiger partial charge in [-0.25, -0.2) is 0 Å². The SMILES string of the molecule is CC1(C)CCNC(=O)c2cn[nH]c21. The van der Waals surface area contributed by atoms with E-state index >= 15 is 0 Å². The number of carbonyl (C=O) groups is 1. The molecular weight excluding hydrogens is 166 g/mol. The van der Waals surface area contributed by atoms with E-state index in [1.54, 1.807) is 6.20 Å².